The fourth-order valence-electron chi connectivity index (χ4n) is 12.6. The van der Waals surface area contributed by atoms with Crippen LogP contribution in [-0.4, -0.2) is 64.8 Å². The van der Waals surface area contributed by atoms with Crippen LogP contribution in [0, 0.1) is 34.9 Å². The third-order valence-corrected chi connectivity index (χ3v) is 22.8. The van der Waals surface area contributed by atoms with Gasteiger partial charge in [0.05, 0.1) is 9.79 Å². The van der Waals surface area contributed by atoms with Crippen molar-refractivity contribution in [2.75, 3.05) is 0 Å². The predicted molar refractivity (Wildman–Crippen MR) is 351 cm³/mol. The molecule has 0 bridgehead atoms. The Balaban J connectivity index is 0.000000173. The van der Waals surface area contributed by atoms with Crippen LogP contribution >= 0.6 is 37.3 Å². The maximum absolute atomic E-state index is 13.5. The second kappa shape index (κ2) is 36.1. The van der Waals surface area contributed by atoms with Crippen LogP contribution in [0.2, 0.25) is 0 Å². The molecule has 6 fully saturated rings. The van der Waals surface area contributed by atoms with Crippen LogP contribution in [0.5, 0.6) is 0 Å². The minimum atomic E-state index is -4.45. The summed E-state index contributed by atoms with van der Waals surface area (Å²) in [6.45, 7) is 0. The maximum Gasteiger partial charge on any atom is 0.488 e. The molecular weight excluding hydrogens is 1390 g/mol. The zero-order valence-electron chi connectivity index (χ0n) is 50.6. The SMILES string of the molecule is BrC1CCCC1.Fc1cccc(C2CCCC2)c1.O=S(=O)(Cl)c1ccc(C2CCCC2)cc1F.O=S(=O)(Cl)c1ccc(F)cc1C1CCCC1.O=S(=O)(O)c1ccc(C2CCCC2)cc1F.O=S(=O)(O)c1ccc(F)cc1C1CCCC1.OB(O)c1cccc(F)c1. The van der Waals surface area contributed by atoms with Gasteiger partial charge in [0.15, 0.2) is 0 Å². The summed E-state index contributed by atoms with van der Waals surface area (Å²) in [5.41, 5.74) is 4.00. The number of hydrogen-bond donors (Lipinski definition) is 4. The largest absolute Gasteiger partial charge is 0.488 e. The Labute approximate surface area is 555 Å². The van der Waals surface area contributed by atoms with Crippen LogP contribution < -0.4 is 5.46 Å². The molecule has 6 aliphatic carbocycles. The van der Waals surface area contributed by atoms with E-state index in [-0.39, 0.29) is 32.9 Å². The second-order valence-corrected chi connectivity index (χ2v) is 33.0. The summed E-state index contributed by atoms with van der Waals surface area (Å²) in [7, 11) is -7.60. The van der Waals surface area contributed by atoms with Gasteiger partial charge in [-0.1, -0.05) is 129 Å². The summed E-state index contributed by atoms with van der Waals surface area (Å²) in [5, 5.41) is 17.1. The van der Waals surface area contributed by atoms with Gasteiger partial charge >= 0.3 is 7.12 Å². The van der Waals surface area contributed by atoms with E-state index in [1.807, 2.05) is 12.1 Å². The van der Waals surface area contributed by atoms with Crippen molar-refractivity contribution in [1.82, 2.24) is 0 Å². The molecule has 0 amide bonds. The van der Waals surface area contributed by atoms with Gasteiger partial charge in [0.2, 0.25) is 0 Å². The molecule has 92 heavy (non-hydrogen) atoms. The van der Waals surface area contributed by atoms with E-state index in [2.05, 4.69) is 15.9 Å². The van der Waals surface area contributed by atoms with Gasteiger partial charge in [0.25, 0.3) is 38.3 Å². The number of rotatable bonds is 10. The third-order valence-electron chi connectivity index (χ3n) is 17.3. The molecule has 6 aromatic carbocycles. The van der Waals surface area contributed by atoms with Crippen LogP contribution in [-0.2, 0) is 38.3 Å². The number of benzene rings is 6. The molecule has 0 spiro atoms. The Morgan fingerprint density at radius 2 is 0.674 bits per heavy atom. The number of halogens is 9. The van der Waals surface area contributed by atoms with E-state index >= 15 is 0 Å². The molecule has 0 aromatic heterocycles. The molecule has 0 unspecified atom stereocenters. The first-order chi connectivity index (χ1) is 43.4. The Hall–Kier alpha value is -4.34. The van der Waals surface area contributed by atoms with Crippen molar-refractivity contribution >= 4 is 88.2 Å². The monoisotopic (exact) mass is 1460 g/mol. The first-order valence-corrected chi connectivity index (χ1v) is 39.3. The highest BCUT2D eigenvalue weighted by atomic mass is 79.9. The quantitative estimate of drug-likeness (QED) is 0.0331. The molecule has 26 heteroatoms. The average molecular weight is 1470 g/mol. The highest BCUT2D eigenvalue weighted by Crippen LogP contribution is 2.41. The first kappa shape index (κ1) is 76.7. The molecule has 0 heterocycles. The molecular formula is C66H78BBrCl2F6O12S4. The lowest BCUT2D eigenvalue weighted by molar-refractivity contribution is 0.425. The third kappa shape index (κ3) is 24.7. The van der Waals surface area contributed by atoms with E-state index < -0.39 is 84.3 Å². The summed E-state index contributed by atoms with van der Waals surface area (Å²) in [4.78, 5) is -0.314. The predicted octanol–water partition coefficient (Wildman–Crippen LogP) is 17.6. The van der Waals surface area contributed by atoms with Crippen LogP contribution in [0.1, 0.15) is 212 Å². The van der Waals surface area contributed by atoms with Crippen LogP contribution in [0.3, 0.4) is 0 Å². The van der Waals surface area contributed by atoms with E-state index in [9.17, 15) is 60.0 Å². The topological polar surface area (TPSA) is 217 Å². The van der Waals surface area contributed by atoms with Gasteiger partial charge in [-0.25, -0.2) is 43.2 Å². The summed E-state index contributed by atoms with van der Waals surface area (Å²) in [5.74, 6) is -1.57. The molecule has 4 N–H and O–H groups in total. The van der Waals surface area contributed by atoms with Crippen LogP contribution in [0.25, 0.3) is 0 Å². The molecule has 0 aliphatic heterocycles. The van der Waals surface area contributed by atoms with Gasteiger partial charge in [0.1, 0.15) is 44.7 Å². The number of alkyl halides is 1. The lowest BCUT2D eigenvalue weighted by atomic mass is 9.80. The van der Waals surface area contributed by atoms with Crippen molar-refractivity contribution in [1.29, 1.82) is 0 Å². The lowest BCUT2D eigenvalue weighted by Crippen LogP contribution is -2.29. The summed E-state index contributed by atoms with van der Waals surface area (Å²) < 4.78 is 185. The van der Waals surface area contributed by atoms with Crippen molar-refractivity contribution in [3.8, 4) is 0 Å². The Morgan fingerprint density at radius 1 is 0.359 bits per heavy atom. The lowest BCUT2D eigenvalue weighted by Gasteiger charge is -2.13. The highest BCUT2D eigenvalue weighted by Gasteiger charge is 2.28. The van der Waals surface area contributed by atoms with Crippen molar-refractivity contribution < 1.29 is 79.2 Å². The summed E-state index contributed by atoms with van der Waals surface area (Å²) in [6, 6.07) is 27.5. The summed E-state index contributed by atoms with van der Waals surface area (Å²) >= 11 is 3.54. The van der Waals surface area contributed by atoms with Crippen LogP contribution in [0.4, 0.5) is 26.3 Å². The highest BCUT2D eigenvalue weighted by molar-refractivity contribution is 9.09. The van der Waals surface area contributed by atoms with Gasteiger partial charge in [-0.3, -0.25) is 9.11 Å². The first-order valence-electron chi connectivity index (χ1n) is 30.9. The van der Waals surface area contributed by atoms with E-state index in [0.717, 1.165) is 149 Å². The minimum absolute atomic E-state index is 0.0487. The standard InChI is InChI=1S/2C11H12ClFO2S.2C11H13FO3S.C11H13F.C6H6BFO2.C5H9Br/c12-16(14,15)11-6-5-9(13)7-10(11)8-3-1-2-4-8;12-16(14,15)11-6-5-9(7-10(11)13)8-3-1-2-4-8;12-9-5-6-11(16(13,14)15)10(7-9)8-3-1-2-4-8;12-10-7-9(8-3-1-2-4-8)5-6-11(10)16(13,14)15;12-11-7-3-6-10(8-11)9-4-1-2-5-9;8-6-3-1-2-5(4-6)7(9)10;6-5-3-1-2-4-5/h2*5-8H,1-4H2;2*5-8H,1-4H2,(H,13,14,15);3,6-9H,1-2,4-5H2;1-4,9-10H;5H,1-4H2. The van der Waals surface area contributed by atoms with Crippen LogP contribution in [0.15, 0.2) is 141 Å². The molecule has 6 saturated carbocycles. The normalized spacial score (nSPS) is 17.5. The number of hydrogen-bond acceptors (Lipinski definition) is 10. The van der Waals surface area contributed by atoms with E-state index in [1.54, 1.807) is 18.2 Å². The van der Waals surface area contributed by atoms with Gasteiger partial charge < -0.3 is 10.0 Å². The van der Waals surface area contributed by atoms with E-state index in [0.29, 0.717) is 28.9 Å². The minimum Gasteiger partial charge on any atom is -0.423 e. The smallest absolute Gasteiger partial charge is 0.423 e. The molecule has 504 valence electrons. The van der Waals surface area contributed by atoms with Crippen molar-refractivity contribution in [2.24, 2.45) is 0 Å². The fourth-order valence-corrected chi connectivity index (χ4v) is 16.7. The summed E-state index contributed by atoms with van der Waals surface area (Å²) in [6.07, 6.45) is 27.2. The van der Waals surface area contributed by atoms with E-state index in [4.69, 9.17) is 40.5 Å². The van der Waals surface area contributed by atoms with E-state index in [1.165, 1.54) is 118 Å². The molecule has 12 nitrogen and oxygen atoms in total. The zero-order chi connectivity index (χ0) is 67.4. The maximum atomic E-state index is 13.5. The molecule has 0 radical (unpaired) electrons. The van der Waals surface area contributed by atoms with Crippen molar-refractivity contribution in [3.05, 3.63) is 184 Å². The fraction of sp³-hybridized carbons (Fsp3) is 0.455. The van der Waals surface area contributed by atoms with Gasteiger partial charge in [-0.05, 0) is 225 Å². The van der Waals surface area contributed by atoms with Crippen molar-refractivity contribution in [3.63, 3.8) is 0 Å². The van der Waals surface area contributed by atoms with Gasteiger partial charge in [0, 0.05) is 26.2 Å². The Bertz CT molecular complexity index is 3640. The van der Waals surface area contributed by atoms with Gasteiger partial charge in [-0.15, -0.1) is 0 Å². The second-order valence-electron chi connectivity index (χ2n) is 23.8. The Morgan fingerprint density at radius 3 is 1.00 bits per heavy atom. The molecule has 0 saturated heterocycles. The van der Waals surface area contributed by atoms with Gasteiger partial charge in [-0.2, -0.15) is 16.8 Å². The Kier molecular flexibility index (Phi) is 30.1. The molecule has 12 rings (SSSR count). The molecule has 6 aromatic rings. The molecule has 0 atom stereocenters. The molecule has 6 aliphatic rings. The average Bonchev–Trinajstić information content (AvgIpc) is 1.32. The van der Waals surface area contributed by atoms with Crippen molar-refractivity contribution in [2.45, 2.75) is 208 Å². The zero-order valence-corrected chi connectivity index (χ0v) is 57.0.